The zero-order valence-corrected chi connectivity index (χ0v) is 13.5. The summed E-state index contributed by atoms with van der Waals surface area (Å²) in [7, 11) is 0. The van der Waals surface area contributed by atoms with E-state index in [0.717, 1.165) is 12.1 Å². The second kappa shape index (κ2) is 6.90. The van der Waals surface area contributed by atoms with Crippen molar-refractivity contribution in [2.45, 2.75) is 6.54 Å². The Balaban J connectivity index is 0.00000180. The quantitative estimate of drug-likeness (QED) is 0.662. The Morgan fingerprint density at radius 1 is 1.00 bits per heavy atom. The third kappa shape index (κ3) is 4.61. The van der Waals surface area contributed by atoms with Crippen LogP contribution in [-0.4, -0.2) is 11.5 Å². The van der Waals surface area contributed by atoms with Crippen molar-refractivity contribution in [2.75, 3.05) is 0 Å². The second-order valence-corrected chi connectivity index (χ2v) is 3.98. The van der Waals surface area contributed by atoms with E-state index in [9.17, 15) is 17.7 Å². The van der Waals surface area contributed by atoms with Crippen LogP contribution in [0, 0.1) is 0 Å². The molecule has 2 rings (SSSR count). The topological polar surface area (TPSA) is 22.0 Å². The second-order valence-electron chi connectivity index (χ2n) is 3.98. The number of hydrogen-bond acceptors (Lipinski definition) is 1. The van der Waals surface area contributed by atoms with Gasteiger partial charge in [-0.15, -0.1) is 5.46 Å². The number of hydrogen-bond donors (Lipinski definition) is 0. The first kappa shape index (κ1) is 16.7. The van der Waals surface area contributed by atoms with E-state index in [0.29, 0.717) is 5.56 Å². The standard InChI is InChI=1S/C12H10BF3NO.K/c14-13(15,16)11-6-4-10(5-7-11)9-17-8-2-1-3-12(17)18;/h1-8H,9H2;/q-1;+1. The van der Waals surface area contributed by atoms with Crippen LogP contribution in [-0.2, 0) is 6.54 Å². The first-order valence-electron chi connectivity index (χ1n) is 5.41. The van der Waals surface area contributed by atoms with E-state index in [1.165, 1.54) is 22.8 Å². The average molecular weight is 291 g/mol. The van der Waals surface area contributed by atoms with E-state index in [1.807, 2.05) is 0 Å². The van der Waals surface area contributed by atoms with Gasteiger partial charge in [0.1, 0.15) is 0 Å². The summed E-state index contributed by atoms with van der Waals surface area (Å²) < 4.78 is 38.7. The smallest absolute Gasteiger partial charge is 0.445 e. The molecule has 1 aromatic heterocycles. The average Bonchev–Trinajstić information content (AvgIpc) is 2.32. The summed E-state index contributed by atoms with van der Waals surface area (Å²) >= 11 is 0. The van der Waals surface area contributed by atoms with Crippen molar-refractivity contribution in [1.82, 2.24) is 4.57 Å². The van der Waals surface area contributed by atoms with Crippen LogP contribution in [0.1, 0.15) is 5.56 Å². The number of benzene rings is 1. The fourth-order valence-corrected chi connectivity index (χ4v) is 1.63. The van der Waals surface area contributed by atoms with Crippen molar-refractivity contribution in [3.63, 3.8) is 0 Å². The van der Waals surface area contributed by atoms with Crippen LogP contribution in [0.4, 0.5) is 12.9 Å². The molecule has 19 heavy (non-hydrogen) atoms. The van der Waals surface area contributed by atoms with Crippen LogP contribution in [0.2, 0.25) is 0 Å². The van der Waals surface area contributed by atoms with Crippen LogP contribution >= 0.6 is 0 Å². The van der Waals surface area contributed by atoms with Gasteiger partial charge < -0.3 is 17.5 Å². The molecule has 0 atom stereocenters. The van der Waals surface area contributed by atoms with Crippen LogP contribution < -0.4 is 62.4 Å². The molecule has 1 aromatic carbocycles. The summed E-state index contributed by atoms with van der Waals surface area (Å²) in [5.74, 6) is 0. The van der Waals surface area contributed by atoms with Gasteiger partial charge in [0.05, 0.1) is 6.54 Å². The van der Waals surface area contributed by atoms with E-state index in [-0.39, 0.29) is 63.5 Å². The minimum absolute atomic E-state index is 0. The predicted molar refractivity (Wildman–Crippen MR) is 65.0 cm³/mol. The molecule has 0 aliphatic heterocycles. The summed E-state index contributed by atoms with van der Waals surface area (Å²) in [4.78, 5) is 11.4. The predicted octanol–water partition coefficient (Wildman–Crippen LogP) is -1.04. The van der Waals surface area contributed by atoms with Crippen molar-refractivity contribution in [3.8, 4) is 0 Å². The number of halogens is 3. The van der Waals surface area contributed by atoms with Crippen molar-refractivity contribution in [2.24, 2.45) is 0 Å². The normalized spacial score (nSPS) is 10.9. The molecular formula is C12H10BF3KNO. The Morgan fingerprint density at radius 2 is 1.63 bits per heavy atom. The molecule has 0 aliphatic carbocycles. The Bertz CT molecular complexity index is 595. The van der Waals surface area contributed by atoms with E-state index in [2.05, 4.69) is 0 Å². The van der Waals surface area contributed by atoms with Crippen molar-refractivity contribution >= 4 is 12.4 Å². The van der Waals surface area contributed by atoms with Crippen LogP contribution in [0.5, 0.6) is 0 Å². The summed E-state index contributed by atoms with van der Waals surface area (Å²) in [6, 6.07) is 9.61. The summed E-state index contributed by atoms with van der Waals surface area (Å²) in [5.41, 5.74) is -0.145. The first-order chi connectivity index (χ1) is 8.47. The molecule has 0 spiro atoms. The Kier molecular flexibility index (Phi) is 6.07. The zero-order valence-electron chi connectivity index (χ0n) is 10.4. The molecule has 0 bridgehead atoms. The Hall–Kier alpha value is -0.339. The first-order valence-corrected chi connectivity index (χ1v) is 5.41. The van der Waals surface area contributed by atoms with Gasteiger partial charge >= 0.3 is 58.4 Å². The molecule has 0 radical (unpaired) electrons. The zero-order chi connectivity index (χ0) is 13.2. The van der Waals surface area contributed by atoms with Gasteiger partial charge in [0.15, 0.2) is 0 Å². The summed E-state index contributed by atoms with van der Waals surface area (Å²) in [6.07, 6.45) is 1.60. The number of nitrogens with zero attached hydrogens (tertiary/aromatic N) is 1. The van der Waals surface area contributed by atoms with E-state index >= 15 is 0 Å². The maximum Gasteiger partial charge on any atom is 1.00 e. The molecule has 0 saturated carbocycles. The molecule has 0 amide bonds. The van der Waals surface area contributed by atoms with Gasteiger partial charge in [-0.3, -0.25) is 4.79 Å². The van der Waals surface area contributed by atoms with Gasteiger partial charge in [0, 0.05) is 12.3 Å². The molecular weight excluding hydrogens is 281 g/mol. The molecule has 0 saturated heterocycles. The molecule has 0 fully saturated rings. The summed E-state index contributed by atoms with van der Waals surface area (Å²) in [5, 5.41) is 0. The monoisotopic (exact) mass is 291 g/mol. The fraction of sp³-hybridized carbons (Fsp3) is 0.0833. The maximum atomic E-state index is 12.4. The van der Waals surface area contributed by atoms with Crippen LogP contribution in [0.15, 0.2) is 53.5 Å². The van der Waals surface area contributed by atoms with E-state index in [1.54, 1.807) is 18.3 Å². The SMILES string of the molecule is O=c1ccccn1Cc1ccc([B-](F)(F)F)cc1.[K+]. The number of pyridine rings is 1. The van der Waals surface area contributed by atoms with Gasteiger partial charge in [0.2, 0.25) is 0 Å². The number of rotatable bonds is 3. The maximum absolute atomic E-state index is 12.4. The minimum Gasteiger partial charge on any atom is -0.445 e. The van der Waals surface area contributed by atoms with Crippen molar-refractivity contribution < 1.29 is 64.3 Å². The molecule has 0 unspecified atom stereocenters. The Morgan fingerprint density at radius 3 is 2.16 bits per heavy atom. The molecule has 0 aliphatic rings. The Labute approximate surface area is 151 Å². The van der Waals surface area contributed by atoms with Crippen LogP contribution in [0.25, 0.3) is 0 Å². The van der Waals surface area contributed by atoms with Crippen molar-refractivity contribution in [1.29, 1.82) is 0 Å². The third-order valence-corrected chi connectivity index (χ3v) is 2.61. The largest absolute Gasteiger partial charge is 1.00 e. The van der Waals surface area contributed by atoms with Crippen molar-refractivity contribution in [3.05, 3.63) is 64.6 Å². The van der Waals surface area contributed by atoms with Gasteiger partial charge in [-0.1, -0.05) is 30.3 Å². The summed E-state index contributed by atoms with van der Waals surface area (Å²) in [6.45, 7) is -4.69. The molecule has 1 heterocycles. The number of aromatic nitrogens is 1. The molecule has 7 heteroatoms. The van der Waals surface area contributed by atoms with E-state index < -0.39 is 12.4 Å². The van der Waals surface area contributed by atoms with E-state index in [4.69, 9.17) is 0 Å². The van der Waals surface area contributed by atoms with Gasteiger partial charge in [-0.2, -0.15) is 0 Å². The van der Waals surface area contributed by atoms with Gasteiger partial charge in [-0.25, -0.2) is 0 Å². The van der Waals surface area contributed by atoms with Crippen LogP contribution in [0.3, 0.4) is 0 Å². The minimum atomic E-state index is -4.96. The molecule has 94 valence electrons. The molecule has 0 N–H and O–H groups in total. The van der Waals surface area contributed by atoms with Gasteiger partial charge in [-0.05, 0) is 11.6 Å². The molecule has 2 aromatic rings. The molecule has 2 nitrogen and oxygen atoms in total. The third-order valence-electron chi connectivity index (χ3n) is 2.61. The van der Waals surface area contributed by atoms with Gasteiger partial charge in [0.25, 0.3) is 5.56 Å². The fourth-order valence-electron chi connectivity index (χ4n) is 1.63.